The van der Waals surface area contributed by atoms with Crippen molar-refractivity contribution in [1.82, 2.24) is 0 Å². The van der Waals surface area contributed by atoms with Gasteiger partial charge in [0, 0.05) is 10.7 Å². The van der Waals surface area contributed by atoms with Gasteiger partial charge in [0.2, 0.25) is 9.05 Å². The molecule has 84 valence electrons. The zero-order chi connectivity index (χ0) is 10.6. The highest BCUT2D eigenvalue weighted by atomic mass is 35.7. The van der Waals surface area contributed by atoms with Crippen molar-refractivity contribution >= 4 is 19.7 Å². The van der Waals surface area contributed by atoms with Crippen LogP contribution in [0.5, 0.6) is 0 Å². The fourth-order valence-electron chi connectivity index (χ4n) is 2.33. The normalized spacial score (nSPS) is 23.0. The zero-order valence-electron chi connectivity index (χ0n) is 8.71. The van der Waals surface area contributed by atoms with Crippen molar-refractivity contribution in [3.05, 3.63) is 0 Å². The first kappa shape index (κ1) is 12.3. The molecule has 0 aromatic rings. The fraction of sp³-hybridized carbons (Fsp3) is 1.00. The Hall–Kier alpha value is 0.240. The molecule has 0 amide bonds. The Morgan fingerprint density at radius 2 is 1.71 bits per heavy atom. The maximum atomic E-state index is 10.9. The largest absolute Gasteiger partial charge is 0.232 e. The first-order valence-corrected chi connectivity index (χ1v) is 7.89. The molecule has 0 N–H and O–H groups in total. The third-order valence-electron chi connectivity index (χ3n) is 3.17. The Bertz CT molecular complexity index is 253. The smallest absolute Gasteiger partial charge is 0.212 e. The van der Waals surface area contributed by atoms with E-state index in [9.17, 15) is 8.42 Å². The lowest BCUT2D eigenvalue weighted by Gasteiger charge is -2.20. The second-order valence-electron chi connectivity index (χ2n) is 4.43. The van der Waals surface area contributed by atoms with Gasteiger partial charge in [-0.2, -0.15) is 0 Å². The second-order valence-corrected chi connectivity index (χ2v) is 7.26. The lowest BCUT2D eigenvalue weighted by molar-refractivity contribution is 0.344. The molecule has 1 fully saturated rings. The van der Waals surface area contributed by atoms with E-state index in [0.717, 1.165) is 0 Å². The quantitative estimate of drug-likeness (QED) is 0.559. The molecule has 1 aliphatic carbocycles. The Kier molecular flexibility index (Phi) is 4.71. The van der Waals surface area contributed by atoms with Crippen molar-refractivity contribution in [3.8, 4) is 0 Å². The van der Waals surface area contributed by atoms with Gasteiger partial charge in [-0.3, -0.25) is 0 Å². The number of hydrogen-bond acceptors (Lipinski definition) is 2. The van der Waals surface area contributed by atoms with Crippen LogP contribution in [0.2, 0.25) is 0 Å². The molecule has 4 heteroatoms. The molecule has 0 aliphatic heterocycles. The van der Waals surface area contributed by atoms with E-state index in [2.05, 4.69) is 0 Å². The minimum atomic E-state index is -3.31. The molecule has 2 nitrogen and oxygen atoms in total. The molecule has 0 aromatic carbocycles. The monoisotopic (exact) mass is 238 g/mol. The molecule has 1 saturated carbocycles. The van der Waals surface area contributed by atoms with Gasteiger partial charge in [-0.15, -0.1) is 0 Å². The standard InChI is InChI=1S/C10H19ClO2S/c1-9(8-14(11,12)13)10-6-4-2-3-5-7-10/h9-10H,2-8H2,1H3. The first-order chi connectivity index (χ1) is 6.49. The molecule has 0 aromatic heterocycles. The molecule has 1 rings (SSSR count). The van der Waals surface area contributed by atoms with Crippen LogP contribution < -0.4 is 0 Å². The third kappa shape index (κ3) is 4.65. The number of rotatable bonds is 3. The minimum absolute atomic E-state index is 0.138. The molecule has 0 radical (unpaired) electrons. The van der Waals surface area contributed by atoms with Crippen LogP contribution in [-0.4, -0.2) is 14.2 Å². The van der Waals surface area contributed by atoms with E-state index in [1.54, 1.807) is 0 Å². The van der Waals surface area contributed by atoms with Crippen LogP contribution in [-0.2, 0) is 9.05 Å². The van der Waals surface area contributed by atoms with Crippen LogP contribution in [0, 0.1) is 11.8 Å². The van der Waals surface area contributed by atoms with Crippen LogP contribution >= 0.6 is 10.7 Å². The Balaban J connectivity index is 2.45. The molecule has 1 aliphatic rings. The van der Waals surface area contributed by atoms with Crippen LogP contribution in [0.1, 0.15) is 45.4 Å². The average Bonchev–Trinajstić information content (AvgIpc) is 2.27. The van der Waals surface area contributed by atoms with Gasteiger partial charge in [-0.1, -0.05) is 45.4 Å². The van der Waals surface area contributed by atoms with Crippen molar-refractivity contribution in [2.24, 2.45) is 11.8 Å². The maximum absolute atomic E-state index is 10.9. The summed E-state index contributed by atoms with van der Waals surface area (Å²) in [7, 11) is 1.95. The fourth-order valence-corrected chi connectivity index (χ4v) is 3.83. The molecule has 0 bridgehead atoms. The molecule has 14 heavy (non-hydrogen) atoms. The topological polar surface area (TPSA) is 34.1 Å². The van der Waals surface area contributed by atoms with Crippen molar-refractivity contribution < 1.29 is 8.42 Å². The summed E-state index contributed by atoms with van der Waals surface area (Å²) in [6.45, 7) is 2.01. The third-order valence-corrected chi connectivity index (χ3v) is 4.47. The van der Waals surface area contributed by atoms with E-state index in [1.165, 1.54) is 38.5 Å². The zero-order valence-corrected chi connectivity index (χ0v) is 10.3. The summed E-state index contributed by atoms with van der Waals surface area (Å²) in [6.07, 6.45) is 7.45. The summed E-state index contributed by atoms with van der Waals surface area (Å²) in [5.41, 5.74) is 0. The van der Waals surface area contributed by atoms with Gasteiger partial charge >= 0.3 is 0 Å². The van der Waals surface area contributed by atoms with E-state index in [4.69, 9.17) is 10.7 Å². The van der Waals surface area contributed by atoms with Crippen molar-refractivity contribution in [1.29, 1.82) is 0 Å². The van der Waals surface area contributed by atoms with Gasteiger partial charge in [0.05, 0.1) is 5.75 Å². The minimum Gasteiger partial charge on any atom is -0.212 e. The lowest BCUT2D eigenvalue weighted by Crippen LogP contribution is -2.18. The summed E-state index contributed by atoms with van der Waals surface area (Å²) in [6, 6.07) is 0. The highest BCUT2D eigenvalue weighted by molar-refractivity contribution is 8.13. The lowest BCUT2D eigenvalue weighted by atomic mass is 9.89. The maximum Gasteiger partial charge on any atom is 0.232 e. The average molecular weight is 239 g/mol. The summed E-state index contributed by atoms with van der Waals surface area (Å²) < 4.78 is 21.9. The highest BCUT2D eigenvalue weighted by Gasteiger charge is 2.22. The van der Waals surface area contributed by atoms with Gasteiger partial charge in [0.1, 0.15) is 0 Å². The van der Waals surface area contributed by atoms with E-state index in [-0.39, 0.29) is 11.7 Å². The Morgan fingerprint density at radius 1 is 1.21 bits per heavy atom. The molecular weight excluding hydrogens is 220 g/mol. The summed E-state index contributed by atoms with van der Waals surface area (Å²) >= 11 is 0. The molecule has 0 heterocycles. The number of hydrogen-bond donors (Lipinski definition) is 0. The Labute approximate surface area is 91.5 Å². The van der Waals surface area contributed by atoms with Crippen LogP contribution in [0.15, 0.2) is 0 Å². The first-order valence-electron chi connectivity index (χ1n) is 5.41. The van der Waals surface area contributed by atoms with E-state index in [1.807, 2.05) is 6.92 Å². The van der Waals surface area contributed by atoms with Gasteiger partial charge < -0.3 is 0 Å². The van der Waals surface area contributed by atoms with Gasteiger partial charge in [-0.05, 0) is 11.8 Å². The predicted molar refractivity (Wildman–Crippen MR) is 60.0 cm³/mol. The molecule has 1 atom stereocenters. The summed E-state index contributed by atoms with van der Waals surface area (Å²) in [5.74, 6) is 0.917. The van der Waals surface area contributed by atoms with E-state index in [0.29, 0.717) is 5.92 Å². The second kappa shape index (κ2) is 5.36. The Morgan fingerprint density at radius 3 is 2.14 bits per heavy atom. The summed E-state index contributed by atoms with van der Waals surface area (Å²) in [4.78, 5) is 0. The van der Waals surface area contributed by atoms with Crippen LogP contribution in [0.4, 0.5) is 0 Å². The highest BCUT2D eigenvalue weighted by Crippen LogP contribution is 2.29. The number of halogens is 1. The molecule has 1 unspecified atom stereocenters. The van der Waals surface area contributed by atoms with Crippen molar-refractivity contribution in [2.75, 3.05) is 5.75 Å². The molecule has 0 spiro atoms. The van der Waals surface area contributed by atoms with Gasteiger partial charge in [0.15, 0.2) is 0 Å². The van der Waals surface area contributed by atoms with Gasteiger partial charge in [-0.25, -0.2) is 8.42 Å². The van der Waals surface area contributed by atoms with E-state index < -0.39 is 9.05 Å². The van der Waals surface area contributed by atoms with Crippen molar-refractivity contribution in [2.45, 2.75) is 45.4 Å². The molecule has 0 saturated heterocycles. The predicted octanol–water partition coefficient (Wildman–Crippen LogP) is 3.16. The molecular formula is C10H19ClO2S. The van der Waals surface area contributed by atoms with Gasteiger partial charge in [0.25, 0.3) is 0 Å². The van der Waals surface area contributed by atoms with Crippen LogP contribution in [0.3, 0.4) is 0 Å². The van der Waals surface area contributed by atoms with Crippen LogP contribution in [0.25, 0.3) is 0 Å². The van der Waals surface area contributed by atoms with Crippen molar-refractivity contribution in [3.63, 3.8) is 0 Å². The summed E-state index contributed by atoms with van der Waals surface area (Å²) in [5, 5.41) is 0. The SMILES string of the molecule is CC(CS(=O)(=O)Cl)C1CCCCCC1. The van der Waals surface area contributed by atoms with E-state index >= 15 is 0 Å².